The molecule has 2 aromatic heterocycles. The van der Waals surface area contributed by atoms with Gasteiger partial charge in [-0.05, 0) is 42.0 Å². The Morgan fingerprint density at radius 1 is 1.13 bits per heavy atom. The number of nitrogens with zero attached hydrogens (tertiary/aromatic N) is 3. The molecule has 30 heavy (non-hydrogen) atoms. The molecule has 0 N–H and O–H groups in total. The Bertz CT molecular complexity index is 1060. The number of likely N-dealkylation sites (tertiary alicyclic amines) is 1. The molecular formula is C21H21N3O5S. The first-order chi connectivity index (χ1) is 14.6. The smallest absolute Gasteiger partial charge is 0.437 e. The molecule has 3 heterocycles. The molecule has 1 fully saturated rings. The molecule has 0 saturated carbocycles. The molecule has 1 aliphatic heterocycles. The van der Waals surface area contributed by atoms with Crippen LogP contribution >= 0.6 is 11.3 Å². The molecule has 0 aliphatic carbocycles. The Labute approximate surface area is 176 Å². The molecular weight excluding hydrogens is 406 g/mol. The number of hydrogen-bond donors (Lipinski definition) is 0. The summed E-state index contributed by atoms with van der Waals surface area (Å²) in [4.78, 5) is 38.8. The van der Waals surface area contributed by atoms with Crippen molar-refractivity contribution in [3.63, 3.8) is 0 Å². The number of hydrogen-bond acceptors (Lipinski definition) is 7. The number of amides is 1. The SMILES string of the molecule is O=C(CCn1nc(-c2cccs2)oc1=O)OCc1ccc(C(=O)N2CCCC2)cc1. The summed E-state index contributed by atoms with van der Waals surface area (Å²) in [5.41, 5.74) is 1.43. The van der Waals surface area contributed by atoms with Gasteiger partial charge in [0.15, 0.2) is 0 Å². The van der Waals surface area contributed by atoms with Crippen molar-refractivity contribution in [2.75, 3.05) is 13.1 Å². The molecule has 0 radical (unpaired) electrons. The molecule has 0 spiro atoms. The highest BCUT2D eigenvalue weighted by Gasteiger charge is 2.19. The van der Waals surface area contributed by atoms with Crippen LogP contribution in [0.2, 0.25) is 0 Å². The fourth-order valence-corrected chi connectivity index (χ4v) is 3.87. The van der Waals surface area contributed by atoms with Crippen LogP contribution in [0.1, 0.15) is 35.2 Å². The lowest BCUT2D eigenvalue weighted by Crippen LogP contribution is -2.27. The molecule has 1 saturated heterocycles. The van der Waals surface area contributed by atoms with Crippen molar-refractivity contribution in [2.45, 2.75) is 32.4 Å². The van der Waals surface area contributed by atoms with Gasteiger partial charge in [0.1, 0.15) is 6.61 Å². The van der Waals surface area contributed by atoms with Crippen molar-refractivity contribution in [1.29, 1.82) is 0 Å². The average molecular weight is 427 g/mol. The maximum absolute atomic E-state index is 12.3. The fourth-order valence-electron chi connectivity index (χ4n) is 3.23. The van der Waals surface area contributed by atoms with E-state index in [0.29, 0.717) is 5.56 Å². The lowest BCUT2D eigenvalue weighted by atomic mass is 10.1. The van der Waals surface area contributed by atoms with Crippen LogP contribution in [-0.4, -0.2) is 39.6 Å². The third kappa shape index (κ3) is 4.68. The van der Waals surface area contributed by atoms with E-state index in [-0.39, 0.29) is 31.4 Å². The lowest BCUT2D eigenvalue weighted by Gasteiger charge is -2.15. The number of carbonyl (C=O) groups is 2. The quantitative estimate of drug-likeness (QED) is 0.538. The number of rotatable bonds is 7. The molecule has 1 aromatic carbocycles. The van der Waals surface area contributed by atoms with Gasteiger partial charge in [0.25, 0.3) is 11.8 Å². The molecule has 9 heteroatoms. The van der Waals surface area contributed by atoms with Crippen LogP contribution in [0.3, 0.4) is 0 Å². The number of carbonyl (C=O) groups excluding carboxylic acids is 2. The van der Waals surface area contributed by atoms with Gasteiger partial charge >= 0.3 is 11.7 Å². The predicted octanol–water partition coefficient (Wildman–Crippen LogP) is 2.93. The number of aryl methyl sites for hydroxylation is 1. The van der Waals surface area contributed by atoms with E-state index >= 15 is 0 Å². The minimum absolute atomic E-state index is 0.00184. The maximum atomic E-state index is 12.3. The molecule has 156 valence electrons. The first kappa shape index (κ1) is 20.1. The summed E-state index contributed by atoms with van der Waals surface area (Å²) >= 11 is 1.41. The van der Waals surface area contributed by atoms with E-state index in [2.05, 4.69) is 5.10 Å². The van der Waals surface area contributed by atoms with Crippen molar-refractivity contribution in [3.8, 4) is 10.8 Å². The highest BCUT2D eigenvalue weighted by atomic mass is 32.1. The topological polar surface area (TPSA) is 94.6 Å². The van der Waals surface area contributed by atoms with E-state index in [1.165, 1.54) is 11.3 Å². The number of aromatic nitrogens is 2. The van der Waals surface area contributed by atoms with Crippen LogP contribution in [0, 0.1) is 0 Å². The van der Waals surface area contributed by atoms with Gasteiger partial charge in [0.2, 0.25) is 0 Å². The molecule has 1 aliphatic rings. The van der Waals surface area contributed by atoms with E-state index in [1.54, 1.807) is 30.3 Å². The first-order valence-electron chi connectivity index (χ1n) is 9.76. The van der Waals surface area contributed by atoms with E-state index in [9.17, 15) is 14.4 Å². The first-order valence-corrected chi connectivity index (χ1v) is 10.6. The second kappa shape index (κ2) is 9.08. The van der Waals surface area contributed by atoms with Crippen LogP contribution in [0.15, 0.2) is 51.0 Å². The standard InChI is InChI=1S/C21H21N3O5S/c25-18(9-12-24-21(27)29-19(22-24)17-4-3-13-30-17)28-14-15-5-7-16(8-6-15)20(26)23-10-1-2-11-23/h3-8,13H,1-2,9-12,14H2. The van der Waals surface area contributed by atoms with Crippen molar-refractivity contribution in [1.82, 2.24) is 14.7 Å². The molecule has 8 nitrogen and oxygen atoms in total. The molecule has 0 unspecified atom stereocenters. The Hall–Kier alpha value is -3.20. The number of esters is 1. The van der Waals surface area contributed by atoms with E-state index in [1.807, 2.05) is 16.3 Å². The van der Waals surface area contributed by atoms with Gasteiger partial charge < -0.3 is 14.1 Å². The zero-order valence-corrected chi connectivity index (χ0v) is 17.1. The lowest BCUT2D eigenvalue weighted by molar-refractivity contribution is -0.145. The highest BCUT2D eigenvalue weighted by molar-refractivity contribution is 7.13. The summed E-state index contributed by atoms with van der Waals surface area (Å²) in [5, 5.41) is 5.97. The molecule has 3 aromatic rings. The average Bonchev–Trinajstić information content (AvgIpc) is 3.52. The Morgan fingerprint density at radius 3 is 2.60 bits per heavy atom. The van der Waals surface area contributed by atoms with E-state index in [0.717, 1.165) is 41.1 Å². The van der Waals surface area contributed by atoms with Gasteiger partial charge in [-0.25, -0.2) is 4.79 Å². The molecule has 0 atom stereocenters. The second-order valence-corrected chi connectivity index (χ2v) is 7.93. The van der Waals surface area contributed by atoms with Gasteiger partial charge in [-0.2, -0.15) is 4.68 Å². The highest BCUT2D eigenvalue weighted by Crippen LogP contribution is 2.21. The summed E-state index contributed by atoms with van der Waals surface area (Å²) in [6.45, 7) is 1.80. The van der Waals surface area contributed by atoms with Gasteiger partial charge in [-0.3, -0.25) is 9.59 Å². The van der Waals surface area contributed by atoms with E-state index < -0.39 is 11.7 Å². The third-order valence-electron chi connectivity index (χ3n) is 4.86. The monoisotopic (exact) mass is 427 g/mol. The number of ether oxygens (including phenoxy) is 1. The normalized spacial score (nSPS) is 13.5. The Morgan fingerprint density at radius 2 is 1.90 bits per heavy atom. The van der Waals surface area contributed by atoms with Gasteiger partial charge in [-0.15, -0.1) is 16.4 Å². The summed E-state index contributed by atoms with van der Waals surface area (Å²) in [7, 11) is 0. The van der Waals surface area contributed by atoms with Crippen LogP contribution in [0.4, 0.5) is 0 Å². The zero-order chi connectivity index (χ0) is 20.9. The number of benzene rings is 1. The second-order valence-electron chi connectivity index (χ2n) is 6.98. The Balaban J connectivity index is 1.26. The van der Waals surface area contributed by atoms with Gasteiger partial charge in [0.05, 0.1) is 17.8 Å². The molecule has 0 bridgehead atoms. The summed E-state index contributed by atoms with van der Waals surface area (Å²) in [6, 6.07) is 10.7. The Kier molecular flexibility index (Phi) is 6.08. The summed E-state index contributed by atoms with van der Waals surface area (Å²) in [5.74, 6) is -0.771. The molecule has 4 rings (SSSR count). The van der Waals surface area contributed by atoms with Crippen molar-refractivity contribution >= 4 is 23.2 Å². The zero-order valence-electron chi connectivity index (χ0n) is 16.3. The largest absolute Gasteiger partial charge is 0.461 e. The van der Waals surface area contributed by atoms with Crippen molar-refractivity contribution in [3.05, 3.63) is 63.5 Å². The predicted molar refractivity (Wildman–Crippen MR) is 110 cm³/mol. The van der Waals surface area contributed by atoms with Crippen LogP contribution < -0.4 is 5.76 Å². The minimum atomic E-state index is -0.607. The summed E-state index contributed by atoms with van der Waals surface area (Å²) < 4.78 is 11.5. The van der Waals surface area contributed by atoms with Gasteiger partial charge in [0, 0.05) is 18.7 Å². The fraction of sp³-hybridized carbons (Fsp3) is 0.333. The van der Waals surface area contributed by atoms with Crippen LogP contribution in [0.25, 0.3) is 10.8 Å². The third-order valence-corrected chi connectivity index (χ3v) is 5.72. The van der Waals surface area contributed by atoms with Crippen molar-refractivity contribution < 1.29 is 18.7 Å². The van der Waals surface area contributed by atoms with Crippen molar-refractivity contribution in [2.24, 2.45) is 0 Å². The van der Waals surface area contributed by atoms with Crippen LogP contribution in [-0.2, 0) is 22.7 Å². The maximum Gasteiger partial charge on any atom is 0.437 e. The molecule has 1 amide bonds. The number of thiophene rings is 1. The minimum Gasteiger partial charge on any atom is -0.461 e. The van der Waals surface area contributed by atoms with Gasteiger partial charge in [-0.1, -0.05) is 18.2 Å². The van der Waals surface area contributed by atoms with E-state index in [4.69, 9.17) is 9.15 Å². The van der Waals surface area contributed by atoms with Crippen LogP contribution in [0.5, 0.6) is 0 Å². The summed E-state index contributed by atoms with van der Waals surface area (Å²) in [6.07, 6.45) is 2.10.